The third-order valence-electron chi connectivity index (χ3n) is 2.69. The second kappa shape index (κ2) is 6.95. The number of thiophene rings is 1. The summed E-state index contributed by atoms with van der Waals surface area (Å²) in [5.41, 5.74) is 1.90. The molecule has 100 valence electrons. The molecule has 0 saturated carbocycles. The van der Waals surface area contributed by atoms with Crippen molar-refractivity contribution in [2.24, 2.45) is 0 Å². The largest absolute Gasteiger partial charge is 0.380 e. The molecular formula is C15H18N2OS. The Morgan fingerprint density at radius 3 is 2.53 bits per heavy atom. The van der Waals surface area contributed by atoms with Gasteiger partial charge in [0.2, 0.25) is 5.91 Å². The van der Waals surface area contributed by atoms with E-state index in [1.807, 2.05) is 37.3 Å². The molecule has 3 nitrogen and oxygen atoms in total. The number of anilines is 2. The summed E-state index contributed by atoms with van der Waals surface area (Å²) < 4.78 is 0. The number of benzene rings is 1. The van der Waals surface area contributed by atoms with Crippen LogP contribution in [0.3, 0.4) is 0 Å². The molecule has 2 aromatic rings. The van der Waals surface area contributed by atoms with Crippen LogP contribution in [0.25, 0.3) is 0 Å². The second-order valence-corrected chi connectivity index (χ2v) is 5.34. The predicted octanol–water partition coefficient (Wildman–Crippen LogP) is 4.10. The Hall–Kier alpha value is -1.81. The number of amides is 1. The number of nitrogens with one attached hydrogen (secondary N) is 2. The minimum atomic E-state index is 0.0711. The van der Waals surface area contributed by atoms with Crippen LogP contribution in [0.1, 0.15) is 24.6 Å². The Balaban J connectivity index is 1.85. The van der Waals surface area contributed by atoms with E-state index in [1.54, 1.807) is 11.3 Å². The highest BCUT2D eigenvalue weighted by Gasteiger charge is 2.00. The zero-order valence-corrected chi connectivity index (χ0v) is 11.8. The van der Waals surface area contributed by atoms with Gasteiger partial charge in [0.15, 0.2) is 0 Å². The van der Waals surface area contributed by atoms with E-state index >= 15 is 0 Å². The van der Waals surface area contributed by atoms with E-state index in [0.717, 1.165) is 24.3 Å². The minimum absolute atomic E-state index is 0.0711. The fourth-order valence-electron chi connectivity index (χ4n) is 1.72. The molecule has 1 aromatic carbocycles. The maximum absolute atomic E-state index is 11.5. The first-order chi connectivity index (χ1) is 9.28. The number of carbonyl (C=O) groups is 1. The lowest BCUT2D eigenvalue weighted by Crippen LogP contribution is -2.10. The van der Waals surface area contributed by atoms with Crippen molar-refractivity contribution in [2.75, 3.05) is 10.6 Å². The Labute approximate surface area is 117 Å². The van der Waals surface area contributed by atoms with Crippen LogP contribution in [-0.4, -0.2) is 5.91 Å². The topological polar surface area (TPSA) is 41.1 Å². The van der Waals surface area contributed by atoms with Crippen molar-refractivity contribution in [1.29, 1.82) is 0 Å². The van der Waals surface area contributed by atoms with E-state index in [0.29, 0.717) is 6.42 Å². The molecule has 0 spiro atoms. The molecule has 1 heterocycles. The van der Waals surface area contributed by atoms with Crippen LogP contribution < -0.4 is 10.6 Å². The zero-order valence-electron chi connectivity index (χ0n) is 11.0. The van der Waals surface area contributed by atoms with Gasteiger partial charge in [0.05, 0.1) is 0 Å². The molecule has 0 radical (unpaired) electrons. The summed E-state index contributed by atoms with van der Waals surface area (Å²) in [6.45, 7) is 2.83. The van der Waals surface area contributed by atoms with Gasteiger partial charge in [0.25, 0.3) is 0 Å². The number of carbonyl (C=O) groups excluding carboxylic acids is 1. The monoisotopic (exact) mass is 274 g/mol. The van der Waals surface area contributed by atoms with Crippen molar-refractivity contribution in [1.82, 2.24) is 0 Å². The molecule has 2 rings (SSSR count). The Bertz CT molecular complexity index is 505. The zero-order chi connectivity index (χ0) is 13.5. The molecule has 0 aliphatic rings. The van der Waals surface area contributed by atoms with Gasteiger partial charge in [0.1, 0.15) is 0 Å². The average molecular weight is 274 g/mol. The first-order valence-electron chi connectivity index (χ1n) is 6.44. The molecular weight excluding hydrogens is 256 g/mol. The minimum Gasteiger partial charge on any atom is -0.380 e. The van der Waals surface area contributed by atoms with Gasteiger partial charge in [-0.1, -0.05) is 13.0 Å². The Morgan fingerprint density at radius 1 is 1.16 bits per heavy atom. The summed E-state index contributed by atoms with van der Waals surface area (Å²) in [6.07, 6.45) is 1.44. The second-order valence-electron chi connectivity index (χ2n) is 4.31. The third-order valence-corrected chi connectivity index (χ3v) is 3.57. The molecule has 0 saturated heterocycles. The number of hydrogen-bond donors (Lipinski definition) is 2. The fraction of sp³-hybridized carbons (Fsp3) is 0.267. The molecule has 0 atom stereocenters. The van der Waals surface area contributed by atoms with Gasteiger partial charge in [-0.2, -0.15) is 0 Å². The van der Waals surface area contributed by atoms with Crippen LogP contribution in [-0.2, 0) is 11.3 Å². The highest BCUT2D eigenvalue weighted by molar-refractivity contribution is 7.09. The maximum atomic E-state index is 11.5. The van der Waals surface area contributed by atoms with E-state index < -0.39 is 0 Å². The molecule has 4 heteroatoms. The highest BCUT2D eigenvalue weighted by Crippen LogP contribution is 2.16. The highest BCUT2D eigenvalue weighted by atomic mass is 32.1. The van der Waals surface area contributed by atoms with Gasteiger partial charge in [-0.25, -0.2) is 0 Å². The SMILES string of the molecule is CCCC(=O)Nc1ccc(NCc2cccs2)cc1. The molecule has 0 aliphatic heterocycles. The van der Waals surface area contributed by atoms with Crippen LogP contribution >= 0.6 is 11.3 Å². The predicted molar refractivity (Wildman–Crippen MR) is 81.6 cm³/mol. The summed E-state index contributed by atoms with van der Waals surface area (Å²) in [4.78, 5) is 12.8. The van der Waals surface area contributed by atoms with Crippen molar-refractivity contribution in [3.05, 3.63) is 46.7 Å². The van der Waals surface area contributed by atoms with Gasteiger partial charge >= 0.3 is 0 Å². The van der Waals surface area contributed by atoms with Gasteiger partial charge in [0, 0.05) is 29.2 Å². The lowest BCUT2D eigenvalue weighted by Gasteiger charge is -2.07. The van der Waals surface area contributed by atoms with E-state index in [2.05, 4.69) is 22.1 Å². The van der Waals surface area contributed by atoms with Crippen LogP contribution in [0, 0.1) is 0 Å². The van der Waals surface area contributed by atoms with Crippen molar-refractivity contribution in [2.45, 2.75) is 26.3 Å². The van der Waals surface area contributed by atoms with Gasteiger partial charge in [-0.3, -0.25) is 4.79 Å². The summed E-state index contributed by atoms with van der Waals surface area (Å²) >= 11 is 1.74. The molecule has 2 N–H and O–H groups in total. The first kappa shape index (κ1) is 13.6. The standard InChI is InChI=1S/C15H18N2OS/c1-2-4-15(18)17-13-8-6-12(7-9-13)16-11-14-5-3-10-19-14/h3,5-10,16H,2,4,11H2,1H3,(H,17,18). The van der Waals surface area contributed by atoms with Crippen molar-refractivity contribution in [3.8, 4) is 0 Å². The number of rotatable bonds is 6. The van der Waals surface area contributed by atoms with Crippen LogP contribution in [0.5, 0.6) is 0 Å². The summed E-state index contributed by atoms with van der Waals surface area (Å²) in [5.74, 6) is 0.0711. The third kappa shape index (κ3) is 4.41. The van der Waals surface area contributed by atoms with Gasteiger partial charge in [-0.15, -0.1) is 11.3 Å². The molecule has 0 bridgehead atoms. The van der Waals surface area contributed by atoms with Crippen molar-refractivity contribution >= 4 is 28.6 Å². The maximum Gasteiger partial charge on any atom is 0.224 e. The Morgan fingerprint density at radius 2 is 1.89 bits per heavy atom. The summed E-state index contributed by atoms with van der Waals surface area (Å²) in [7, 11) is 0. The number of hydrogen-bond acceptors (Lipinski definition) is 3. The van der Waals surface area contributed by atoms with Crippen LogP contribution in [0.15, 0.2) is 41.8 Å². The van der Waals surface area contributed by atoms with Gasteiger partial charge < -0.3 is 10.6 Å². The lowest BCUT2D eigenvalue weighted by molar-refractivity contribution is -0.116. The van der Waals surface area contributed by atoms with Crippen molar-refractivity contribution in [3.63, 3.8) is 0 Å². The smallest absolute Gasteiger partial charge is 0.224 e. The molecule has 0 unspecified atom stereocenters. The molecule has 19 heavy (non-hydrogen) atoms. The van der Waals surface area contributed by atoms with E-state index in [-0.39, 0.29) is 5.91 Å². The first-order valence-corrected chi connectivity index (χ1v) is 7.32. The fourth-order valence-corrected chi connectivity index (χ4v) is 2.37. The average Bonchev–Trinajstić information content (AvgIpc) is 2.91. The van der Waals surface area contributed by atoms with Crippen molar-refractivity contribution < 1.29 is 4.79 Å². The van der Waals surface area contributed by atoms with E-state index in [1.165, 1.54) is 4.88 Å². The molecule has 0 fully saturated rings. The summed E-state index contributed by atoms with van der Waals surface area (Å²) in [5, 5.41) is 8.30. The normalized spacial score (nSPS) is 10.2. The van der Waals surface area contributed by atoms with Gasteiger partial charge in [-0.05, 0) is 42.1 Å². The summed E-state index contributed by atoms with van der Waals surface area (Å²) in [6, 6.07) is 12.0. The van der Waals surface area contributed by atoms with E-state index in [4.69, 9.17) is 0 Å². The van der Waals surface area contributed by atoms with Crippen LogP contribution in [0.2, 0.25) is 0 Å². The lowest BCUT2D eigenvalue weighted by atomic mass is 10.2. The molecule has 1 aromatic heterocycles. The van der Waals surface area contributed by atoms with Crippen LogP contribution in [0.4, 0.5) is 11.4 Å². The quantitative estimate of drug-likeness (QED) is 0.832. The van der Waals surface area contributed by atoms with E-state index in [9.17, 15) is 4.79 Å². The Kier molecular flexibility index (Phi) is 4.98. The molecule has 0 aliphatic carbocycles. The molecule has 1 amide bonds.